The molecular weight excluding hydrogens is 272 g/mol. The molecule has 0 bridgehead atoms. The summed E-state index contributed by atoms with van der Waals surface area (Å²) in [5.41, 5.74) is 0.761. The zero-order valence-electron chi connectivity index (χ0n) is 11.8. The minimum atomic E-state index is -0.329. The molecule has 0 radical (unpaired) electrons. The van der Waals surface area contributed by atoms with Crippen molar-refractivity contribution in [3.63, 3.8) is 0 Å². The van der Waals surface area contributed by atoms with Crippen LogP contribution in [0.15, 0.2) is 35.3 Å². The molecule has 1 aromatic rings. The fourth-order valence-electron chi connectivity index (χ4n) is 1.75. The minimum absolute atomic E-state index is 0.0469. The summed E-state index contributed by atoms with van der Waals surface area (Å²) in [6.07, 6.45) is 0. The number of hydrogen-bond acceptors (Lipinski definition) is 4. The maximum absolute atomic E-state index is 12.1. The van der Waals surface area contributed by atoms with Crippen LogP contribution in [-0.4, -0.2) is 41.0 Å². The van der Waals surface area contributed by atoms with E-state index >= 15 is 0 Å². The number of amides is 1. The van der Waals surface area contributed by atoms with Gasteiger partial charge in [-0.15, -0.1) is 11.8 Å². The first-order valence-corrected chi connectivity index (χ1v) is 7.65. The van der Waals surface area contributed by atoms with Crippen molar-refractivity contribution in [3.05, 3.63) is 35.9 Å². The van der Waals surface area contributed by atoms with E-state index in [2.05, 4.69) is 10.3 Å². The topological polar surface area (TPSA) is 61.7 Å². The molecule has 0 aliphatic carbocycles. The highest BCUT2D eigenvalue weighted by atomic mass is 32.2. The van der Waals surface area contributed by atoms with Gasteiger partial charge in [0.05, 0.1) is 5.04 Å². The van der Waals surface area contributed by atoms with Crippen LogP contribution in [0.25, 0.3) is 0 Å². The molecule has 1 aliphatic rings. The minimum Gasteiger partial charge on any atom is -0.396 e. The van der Waals surface area contributed by atoms with Crippen LogP contribution in [0, 0.1) is 5.41 Å². The summed E-state index contributed by atoms with van der Waals surface area (Å²) in [6, 6.07) is 9.57. The molecule has 5 heteroatoms. The molecule has 4 nitrogen and oxygen atoms in total. The summed E-state index contributed by atoms with van der Waals surface area (Å²) < 4.78 is 0. The highest BCUT2D eigenvalue weighted by Crippen LogP contribution is 2.23. The van der Waals surface area contributed by atoms with Crippen molar-refractivity contribution >= 4 is 22.7 Å². The maximum atomic E-state index is 12.1. The van der Waals surface area contributed by atoms with Gasteiger partial charge in [-0.2, -0.15) is 0 Å². The van der Waals surface area contributed by atoms with E-state index in [-0.39, 0.29) is 24.0 Å². The fourth-order valence-corrected chi connectivity index (χ4v) is 2.79. The number of aliphatic hydroxyl groups is 1. The number of benzene rings is 1. The summed E-state index contributed by atoms with van der Waals surface area (Å²) >= 11 is 1.61. The number of carbonyl (C=O) groups excluding carboxylic acids is 1. The summed E-state index contributed by atoms with van der Waals surface area (Å²) in [5, 5.41) is 13.0. The molecule has 0 saturated carbocycles. The van der Waals surface area contributed by atoms with E-state index in [9.17, 15) is 9.90 Å². The second kappa shape index (κ2) is 6.41. The van der Waals surface area contributed by atoms with Crippen LogP contribution in [-0.2, 0) is 4.79 Å². The third-order valence-electron chi connectivity index (χ3n) is 3.14. The zero-order chi connectivity index (χ0) is 14.6. The zero-order valence-corrected chi connectivity index (χ0v) is 12.6. The van der Waals surface area contributed by atoms with Crippen LogP contribution in [0.4, 0.5) is 0 Å². The molecular formula is C15H20N2O2S. The Bertz CT molecular complexity index is 500. The first kappa shape index (κ1) is 15.1. The van der Waals surface area contributed by atoms with Crippen LogP contribution >= 0.6 is 11.8 Å². The molecule has 1 atom stereocenters. The molecule has 0 spiro atoms. The van der Waals surface area contributed by atoms with Crippen LogP contribution < -0.4 is 5.32 Å². The first-order valence-electron chi connectivity index (χ1n) is 6.66. The predicted molar refractivity (Wildman–Crippen MR) is 83.1 cm³/mol. The number of thioether (sulfide) groups is 1. The Hall–Kier alpha value is -1.33. The van der Waals surface area contributed by atoms with Crippen molar-refractivity contribution in [1.29, 1.82) is 0 Å². The first-order chi connectivity index (χ1) is 9.52. The molecule has 1 heterocycles. The number of carbonyl (C=O) groups is 1. The van der Waals surface area contributed by atoms with Crippen molar-refractivity contribution in [1.82, 2.24) is 5.32 Å². The van der Waals surface area contributed by atoms with E-state index in [0.29, 0.717) is 12.3 Å². The van der Waals surface area contributed by atoms with E-state index in [0.717, 1.165) is 10.6 Å². The Morgan fingerprint density at radius 2 is 2.15 bits per heavy atom. The van der Waals surface area contributed by atoms with Gasteiger partial charge < -0.3 is 10.4 Å². The number of nitrogens with zero attached hydrogens (tertiary/aromatic N) is 1. The van der Waals surface area contributed by atoms with Gasteiger partial charge in [0.15, 0.2) is 0 Å². The highest BCUT2D eigenvalue weighted by Gasteiger charge is 2.27. The van der Waals surface area contributed by atoms with Crippen molar-refractivity contribution < 1.29 is 9.90 Å². The van der Waals surface area contributed by atoms with Gasteiger partial charge in [-0.05, 0) is 0 Å². The Morgan fingerprint density at radius 1 is 1.45 bits per heavy atom. The number of rotatable bonds is 5. The molecule has 0 saturated heterocycles. The maximum Gasteiger partial charge on any atom is 0.245 e. The summed E-state index contributed by atoms with van der Waals surface area (Å²) in [4.78, 5) is 16.6. The van der Waals surface area contributed by atoms with Gasteiger partial charge in [0.25, 0.3) is 0 Å². The quantitative estimate of drug-likeness (QED) is 0.868. The fraction of sp³-hybridized carbons (Fsp3) is 0.467. The molecule has 2 N–H and O–H groups in total. The van der Waals surface area contributed by atoms with Crippen LogP contribution in [0.1, 0.15) is 19.4 Å². The number of aliphatic hydroxyl groups excluding tert-OH is 1. The Kier molecular flexibility index (Phi) is 4.83. The van der Waals surface area contributed by atoms with E-state index < -0.39 is 0 Å². The summed E-state index contributed by atoms with van der Waals surface area (Å²) in [5.74, 6) is 0.611. The number of nitrogens with one attached hydrogen (secondary N) is 1. The molecule has 108 valence electrons. The molecule has 1 unspecified atom stereocenters. The van der Waals surface area contributed by atoms with Gasteiger partial charge in [-0.1, -0.05) is 44.2 Å². The van der Waals surface area contributed by atoms with Crippen molar-refractivity contribution in [2.75, 3.05) is 18.9 Å². The Labute approximate surface area is 123 Å². The summed E-state index contributed by atoms with van der Waals surface area (Å²) in [6.45, 7) is 4.33. The lowest BCUT2D eigenvalue weighted by Gasteiger charge is -2.22. The van der Waals surface area contributed by atoms with Gasteiger partial charge in [-0.25, -0.2) is 0 Å². The predicted octanol–water partition coefficient (Wildman–Crippen LogP) is 1.68. The van der Waals surface area contributed by atoms with Crippen LogP contribution in [0.3, 0.4) is 0 Å². The van der Waals surface area contributed by atoms with Gasteiger partial charge in [0.1, 0.15) is 6.04 Å². The van der Waals surface area contributed by atoms with E-state index in [1.54, 1.807) is 11.8 Å². The average molecular weight is 292 g/mol. The second-order valence-corrected chi connectivity index (χ2v) is 6.68. The lowest BCUT2D eigenvalue weighted by atomic mass is 9.95. The second-order valence-electron chi connectivity index (χ2n) is 5.67. The summed E-state index contributed by atoms with van der Waals surface area (Å²) in [7, 11) is 0. The van der Waals surface area contributed by atoms with E-state index in [1.807, 2.05) is 44.2 Å². The third kappa shape index (κ3) is 3.84. The van der Waals surface area contributed by atoms with Crippen LogP contribution in [0.2, 0.25) is 0 Å². The van der Waals surface area contributed by atoms with Crippen molar-refractivity contribution in [2.24, 2.45) is 10.4 Å². The Balaban J connectivity index is 1.95. The molecule has 2 rings (SSSR count). The molecule has 0 aromatic heterocycles. The SMILES string of the molecule is CC(C)(CO)CNC(=O)C1CSC(c2ccccc2)=N1. The average Bonchev–Trinajstić information content (AvgIpc) is 2.96. The lowest BCUT2D eigenvalue weighted by molar-refractivity contribution is -0.122. The van der Waals surface area contributed by atoms with Crippen molar-refractivity contribution in [2.45, 2.75) is 19.9 Å². The standard InChI is InChI=1S/C15H20N2O2S/c1-15(2,10-18)9-16-13(19)12-8-20-14(17-12)11-6-4-3-5-7-11/h3-7,12,18H,8-10H2,1-2H3,(H,16,19). The van der Waals surface area contributed by atoms with Gasteiger partial charge >= 0.3 is 0 Å². The molecule has 1 aromatic carbocycles. The molecule has 1 aliphatic heterocycles. The molecule has 0 fully saturated rings. The van der Waals surface area contributed by atoms with Gasteiger partial charge in [-0.3, -0.25) is 9.79 Å². The third-order valence-corrected chi connectivity index (χ3v) is 4.24. The normalized spacial score (nSPS) is 18.8. The van der Waals surface area contributed by atoms with E-state index in [4.69, 9.17) is 0 Å². The van der Waals surface area contributed by atoms with Crippen molar-refractivity contribution in [3.8, 4) is 0 Å². The number of aliphatic imine (C=N–C) groups is 1. The Morgan fingerprint density at radius 3 is 2.80 bits per heavy atom. The monoisotopic (exact) mass is 292 g/mol. The lowest BCUT2D eigenvalue weighted by Crippen LogP contribution is -2.40. The largest absolute Gasteiger partial charge is 0.396 e. The smallest absolute Gasteiger partial charge is 0.245 e. The molecule has 20 heavy (non-hydrogen) atoms. The van der Waals surface area contributed by atoms with Crippen LogP contribution in [0.5, 0.6) is 0 Å². The van der Waals surface area contributed by atoms with Gasteiger partial charge in [0, 0.05) is 29.9 Å². The highest BCUT2D eigenvalue weighted by molar-refractivity contribution is 8.14. The number of hydrogen-bond donors (Lipinski definition) is 2. The van der Waals surface area contributed by atoms with E-state index in [1.165, 1.54) is 0 Å². The molecule has 1 amide bonds. The van der Waals surface area contributed by atoms with Gasteiger partial charge in [0.2, 0.25) is 5.91 Å².